The number of hydrogen-bond acceptors (Lipinski definition) is 23. The fourth-order valence-electron chi connectivity index (χ4n) is 17.8. The first-order valence-corrected chi connectivity index (χ1v) is 45.7. The number of nitrogens with zero attached hydrogens (tertiary/aromatic N) is 6. The molecule has 4 fully saturated rings. The normalized spacial score (nSPS) is 25.5. The minimum atomic E-state index is -1.81. The Labute approximate surface area is 775 Å². The maximum absolute atomic E-state index is 15.9. The van der Waals surface area contributed by atoms with E-state index >= 15 is 38.4 Å². The van der Waals surface area contributed by atoms with E-state index in [2.05, 4.69) is 47.5 Å². The molecule has 0 radical (unpaired) electrons. The third-order valence-electron chi connectivity index (χ3n) is 24.9. The number of rotatable bonds is 26. The Morgan fingerprint density at radius 3 is 1.76 bits per heavy atom. The number of primary amides is 2. The van der Waals surface area contributed by atoms with Gasteiger partial charge in [0.25, 0.3) is 0 Å². The van der Waals surface area contributed by atoms with Crippen LogP contribution in [0.1, 0.15) is 160 Å². The third-order valence-corrected chi connectivity index (χ3v) is 24.9. The number of benzene rings is 3. The summed E-state index contributed by atoms with van der Waals surface area (Å²) in [6, 6.07) is -0.0300. The van der Waals surface area contributed by atoms with Gasteiger partial charge in [0.2, 0.25) is 88.6 Å². The number of fused-ring (bicyclic) bond motifs is 5. The second kappa shape index (κ2) is 49.7. The number of carboxylic acid groups (broad SMARTS) is 2. The van der Waals surface area contributed by atoms with Gasteiger partial charge in [0, 0.05) is 112 Å². The summed E-state index contributed by atoms with van der Waals surface area (Å²) in [6.45, 7) is 3.37. The summed E-state index contributed by atoms with van der Waals surface area (Å²) in [4.78, 5) is 271. The lowest BCUT2D eigenvalue weighted by atomic mass is 9.90. The van der Waals surface area contributed by atoms with Crippen LogP contribution in [0.3, 0.4) is 0 Å². The number of piperidine rings is 1. The van der Waals surface area contributed by atoms with E-state index in [4.69, 9.17) is 32.4 Å². The zero-order valence-electron chi connectivity index (χ0n) is 76.8. The van der Waals surface area contributed by atoms with Gasteiger partial charge in [-0.05, 0) is 124 Å². The lowest BCUT2D eigenvalue weighted by molar-refractivity contribution is -0.149. The minimum absolute atomic E-state index is 0.00414. The zero-order valence-corrected chi connectivity index (χ0v) is 76.8. The molecule has 0 spiro atoms. The Kier molecular flexibility index (Phi) is 38.8. The molecule has 2 aromatic heterocycles. The van der Waals surface area contributed by atoms with Crippen LogP contribution >= 0.6 is 0 Å². The molecule has 42 heteroatoms. The molecule has 0 saturated carbocycles. The molecule has 20 N–H and O–H groups in total. The lowest BCUT2D eigenvalue weighted by Crippen LogP contribution is -2.62. The van der Waals surface area contributed by atoms with Gasteiger partial charge in [-0.1, -0.05) is 102 Å². The fourth-order valence-corrected chi connectivity index (χ4v) is 17.8. The molecule has 0 bridgehead atoms. The largest absolute Gasteiger partial charge is 0.497 e. The van der Waals surface area contributed by atoms with E-state index in [9.17, 15) is 63.3 Å². The van der Waals surface area contributed by atoms with E-state index in [-0.39, 0.29) is 89.8 Å². The second-order valence-electron chi connectivity index (χ2n) is 35.2. The van der Waals surface area contributed by atoms with E-state index < -0.39 is 262 Å². The Morgan fingerprint density at radius 1 is 0.552 bits per heavy atom. The van der Waals surface area contributed by atoms with Crippen LogP contribution in [0, 0.1) is 11.8 Å². The Bertz CT molecular complexity index is 5060. The number of ether oxygens (including phenoxy) is 2. The van der Waals surface area contributed by atoms with Gasteiger partial charge in [-0.3, -0.25) is 86.3 Å². The molecule has 5 aromatic rings. The molecule has 15 atom stereocenters. The second-order valence-corrected chi connectivity index (χ2v) is 35.2. The quantitative estimate of drug-likeness (QED) is 0.0305. The van der Waals surface area contributed by atoms with E-state index in [0.29, 0.717) is 82.8 Å². The lowest BCUT2D eigenvalue weighted by Gasteiger charge is -2.38. The van der Waals surface area contributed by atoms with E-state index in [1.165, 1.54) is 41.8 Å². The average Bonchev–Trinajstić information content (AvgIpc) is 1.62. The molecule has 42 nitrogen and oxygen atoms in total. The number of likely N-dealkylation sites (N-methyl/N-ethyl adjacent to an activating group) is 2. The highest BCUT2D eigenvalue weighted by Gasteiger charge is 2.47. The first-order chi connectivity index (χ1) is 63.9. The summed E-state index contributed by atoms with van der Waals surface area (Å²) in [6.07, 6.45) is -0.300. The molecular formula is C92H129N19O23. The predicted molar refractivity (Wildman–Crippen MR) is 486 cm³/mol. The van der Waals surface area contributed by atoms with E-state index in [1.807, 2.05) is 13.8 Å². The number of aliphatic hydroxyl groups is 1. The number of aromatic nitrogens is 2. The summed E-state index contributed by atoms with van der Waals surface area (Å²) in [5.41, 5.74) is 26.5. The summed E-state index contributed by atoms with van der Waals surface area (Å²) < 4.78 is 12.5. The fraction of sp³-hybridized carbons (Fsp3) is 0.565. The van der Waals surface area contributed by atoms with Crippen LogP contribution < -0.4 is 70.2 Å². The number of aliphatic carboxylic acids is 2. The summed E-state index contributed by atoms with van der Waals surface area (Å²) in [5, 5.41) is 53.8. The van der Waals surface area contributed by atoms with E-state index in [0.717, 1.165) is 14.7 Å². The molecule has 4 saturated heterocycles. The number of aliphatic hydroxyl groups excluding tert-OH is 1. The molecule has 15 amide bonds. The Morgan fingerprint density at radius 2 is 1.13 bits per heavy atom. The van der Waals surface area contributed by atoms with Crippen LogP contribution in [0.25, 0.3) is 21.8 Å². The number of para-hydroxylation sites is 2. The Balaban J connectivity index is 1.10. The van der Waals surface area contributed by atoms with Crippen molar-refractivity contribution in [3.8, 4) is 5.75 Å². The van der Waals surface area contributed by atoms with Gasteiger partial charge < -0.3 is 124 Å². The van der Waals surface area contributed by atoms with Crippen LogP contribution in [0.2, 0.25) is 0 Å². The van der Waals surface area contributed by atoms with Gasteiger partial charge >= 0.3 is 11.9 Å². The summed E-state index contributed by atoms with van der Waals surface area (Å²) in [7, 11) is 4.14. The maximum Gasteiger partial charge on any atom is 0.323 e. The first kappa shape index (κ1) is 105. The number of Topliss-reactive ketones (excluding diaryl/α,β-unsaturated/α-hetero) is 1. The maximum atomic E-state index is 15.9. The molecule has 6 heterocycles. The van der Waals surface area contributed by atoms with Crippen molar-refractivity contribution in [2.45, 2.75) is 254 Å². The monoisotopic (exact) mass is 1870 g/mol. The number of aromatic amines is 1. The molecule has 730 valence electrons. The highest BCUT2D eigenvalue weighted by Crippen LogP contribution is 2.31. The number of carbonyl (C=O) groups excluding carboxylic acids is 16. The van der Waals surface area contributed by atoms with Crippen LogP contribution in [0.15, 0.2) is 85.2 Å². The minimum Gasteiger partial charge on any atom is -0.497 e. The molecule has 3 aromatic carbocycles. The number of amides is 15. The molecule has 0 aliphatic carbocycles. The van der Waals surface area contributed by atoms with Crippen LogP contribution in [0.5, 0.6) is 5.75 Å². The number of nitrogens with one attached hydrogen (secondary N) is 9. The van der Waals surface area contributed by atoms with Crippen molar-refractivity contribution in [2.75, 3.05) is 67.1 Å². The highest BCUT2D eigenvalue weighted by atomic mass is 16.5. The number of carboxylic acids is 2. The van der Waals surface area contributed by atoms with Crippen molar-refractivity contribution in [1.29, 1.82) is 0 Å². The van der Waals surface area contributed by atoms with Crippen molar-refractivity contribution in [1.82, 2.24) is 76.6 Å². The summed E-state index contributed by atoms with van der Waals surface area (Å²) in [5.74, 6) is -19.0. The summed E-state index contributed by atoms with van der Waals surface area (Å²) >= 11 is 0. The number of H-pyrrole nitrogens is 1. The number of unbranched alkanes of at least 4 members (excludes halogenated alkanes) is 2. The van der Waals surface area contributed by atoms with Gasteiger partial charge in [0.15, 0.2) is 5.78 Å². The third kappa shape index (κ3) is 28.1. The number of nitrogens with two attached hydrogens (primary N) is 4. The molecular weight excluding hydrogens is 1740 g/mol. The van der Waals surface area contributed by atoms with Gasteiger partial charge in [-0.15, -0.1) is 0 Å². The van der Waals surface area contributed by atoms with Gasteiger partial charge in [0.05, 0.1) is 32.3 Å². The topological polar surface area (TPSA) is 624 Å². The van der Waals surface area contributed by atoms with Crippen molar-refractivity contribution >= 4 is 128 Å². The van der Waals surface area contributed by atoms with Crippen molar-refractivity contribution in [2.24, 2.45) is 34.8 Å². The molecule has 4 aliphatic rings. The van der Waals surface area contributed by atoms with Gasteiger partial charge in [0.1, 0.15) is 91.4 Å². The zero-order chi connectivity index (χ0) is 97.9. The molecule has 4 aliphatic heterocycles. The van der Waals surface area contributed by atoms with Crippen LogP contribution in [-0.4, -0.2) is 307 Å². The smallest absolute Gasteiger partial charge is 0.323 e. The van der Waals surface area contributed by atoms with Crippen molar-refractivity contribution < 1.29 is 111 Å². The van der Waals surface area contributed by atoms with Crippen LogP contribution in [-0.2, 0) is 117 Å². The average molecular weight is 1870 g/mol. The highest BCUT2D eigenvalue weighted by molar-refractivity contribution is 6.02. The SMILES string of the molecule is CCCC[C@H]1C(=O)N(C)[C@@H](CCCC)C(=O)N[C@@H](CC(C)C)C(=O)N[C@H](C(N)=O)COCC(=O)N[C@@H](Cc2ccc(OC)cc2)C(=O)N2CCCC[C@H]2C(=O)N[C@@H](CC(N)=O)C(=O)N2CCC[C@H]2C(=O)N[C@@H](CN)C(=O)N[C@@H](CCC(=O)O)C(=O)N2C[C@H](O)C[C@H]2C(=O)C[C@@H](Cc2c[nH]c3ccccc23)C(=O)N[C@@H](CCN)C(=O)N[C@@H](Cc2cn(CC(=O)O)c3ccccc23)C(=O)N1C. The van der Waals surface area contributed by atoms with Crippen LogP contribution in [0.4, 0.5) is 0 Å². The standard InChI is InChI=1S/C92H129N19O23/c1-8-10-22-70-85(125)101-63(37-51(3)4)83(123)105-68(80(96)120)49-134-50-77(115)98-64(38-52-27-29-57(133-7)30-28-52)90(130)109-35-17-16-25-71(109)86(126)103-66(43-76(95)114)91(131)110-36-18-26-72(110)87(127)104-67(44-94)84(124)100-62(31-32-78(116)117)89(129)111-47-56(112)42-74(111)75(113)41-53(39-54-45-97-60-21-14-12-19-58(54)60)81(121)99-61(33-34-93)82(122)102-65(88(128)107(6)73(23-11-9-2)92(132)106(70)5)40-55-46-108(48-79(118)119)69-24-15-13-20-59(55)69/h12-15,19-21,24,27-30,45-46,51,53,56,61-68,70-74,97,112H,8-11,16-18,22-23,25-26,31-44,47-50,93-94H2,1-7H3,(H2,95,114)(H2,96,120)(H,98,115)(H,99,121)(H,100,124)(H,101,125)(H,102,122)(H,103,126)(H,104,127)(H,105,123)(H,116,117)(H,118,119)/t53-,56-,61+,62+,63+,64+,65+,66+,67+,68+,70+,71+,72+,73+,74+/m1/s1. The number of ketones is 1. The van der Waals surface area contributed by atoms with Gasteiger partial charge in [-0.2, -0.15) is 0 Å². The molecule has 9 rings (SSSR count). The predicted octanol–water partition coefficient (Wildman–Crippen LogP) is -1.32. The first-order valence-electron chi connectivity index (χ1n) is 45.7. The van der Waals surface area contributed by atoms with Crippen molar-refractivity contribution in [3.63, 3.8) is 0 Å². The van der Waals surface area contributed by atoms with E-state index in [1.54, 1.807) is 92.8 Å². The van der Waals surface area contributed by atoms with Gasteiger partial charge in [-0.25, -0.2) is 0 Å². The van der Waals surface area contributed by atoms with Crippen molar-refractivity contribution in [3.05, 3.63) is 102 Å². The number of carbonyl (C=O) groups is 18. The number of methoxy groups -OCH3 is 1. The Hall–Kier alpha value is -13.0. The molecule has 134 heavy (non-hydrogen) atoms. The number of hydrogen-bond donors (Lipinski definition) is 16. The molecule has 0 unspecified atom stereocenters.